The molecule has 0 bridgehead atoms. The molecule has 0 saturated heterocycles. The molecule has 1 heterocycles. The van der Waals surface area contributed by atoms with Crippen molar-refractivity contribution in [2.75, 3.05) is 0 Å². The van der Waals surface area contributed by atoms with Gasteiger partial charge in [-0.2, -0.15) is 5.10 Å². The molecule has 2 atom stereocenters. The molecular weight excluding hydrogens is 210 g/mol. The van der Waals surface area contributed by atoms with Crippen molar-refractivity contribution in [1.82, 2.24) is 9.78 Å². The fraction of sp³-hybridized carbons (Fsp3) is 0.786. The maximum absolute atomic E-state index is 6.13. The summed E-state index contributed by atoms with van der Waals surface area (Å²) >= 11 is 0. The maximum atomic E-state index is 6.13. The first kappa shape index (κ1) is 12.6. The van der Waals surface area contributed by atoms with Crippen LogP contribution in [0.5, 0.6) is 0 Å². The van der Waals surface area contributed by atoms with Crippen molar-refractivity contribution < 1.29 is 0 Å². The van der Waals surface area contributed by atoms with E-state index in [9.17, 15) is 0 Å². The molecule has 1 saturated carbocycles. The summed E-state index contributed by atoms with van der Waals surface area (Å²) in [4.78, 5) is 0. The van der Waals surface area contributed by atoms with E-state index in [-0.39, 0.29) is 0 Å². The molecule has 0 amide bonds. The minimum absolute atomic E-state index is 0.418. The molecule has 1 aliphatic carbocycles. The van der Waals surface area contributed by atoms with Gasteiger partial charge >= 0.3 is 0 Å². The molecule has 0 aromatic carbocycles. The van der Waals surface area contributed by atoms with Crippen LogP contribution < -0.4 is 5.73 Å². The lowest BCUT2D eigenvalue weighted by Gasteiger charge is -2.17. The minimum Gasteiger partial charge on any atom is -0.328 e. The first-order valence-electron chi connectivity index (χ1n) is 6.98. The van der Waals surface area contributed by atoms with Crippen LogP contribution in [-0.2, 0) is 13.0 Å². The Morgan fingerprint density at radius 3 is 2.94 bits per heavy atom. The van der Waals surface area contributed by atoms with Crippen molar-refractivity contribution >= 4 is 0 Å². The van der Waals surface area contributed by atoms with E-state index in [1.807, 2.05) is 0 Å². The van der Waals surface area contributed by atoms with Gasteiger partial charge in [0, 0.05) is 18.3 Å². The third-order valence-electron chi connectivity index (χ3n) is 3.86. The number of aryl methyl sites for hydroxylation is 2. The zero-order valence-corrected chi connectivity index (χ0v) is 11.2. The van der Waals surface area contributed by atoms with Gasteiger partial charge in [-0.3, -0.25) is 4.68 Å². The Morgan fingerprint density at radius 2 is 2.18 bits per heavy atom. The normalized spacial score (nSPS) is 25.8. The molecule has 3 nitrogen and oxygen atoms in total. The molecule has 2 N–H and O–H groups in total. The molecular formula is C14H25N3. The number of hydrogen-bond donors (Lipinski definition) is 1. The molecule has 1 aliphatic rings. The molecule has 1 aromatic heterocycles. The van der Waals surface area contributed by atoms with E-state index in [4.69, 9.17) is 5.73 Å². The van der Waals surface area contributed by atoms with Gasteiger partial charge in [-0.25, -0.2) is 0 Å². The number of nitrogens with zero attached hydrogens (tertiary/aromatic N) is 2. The van der Waals surface area contributed by atoms with Gasteiger partial charge in [-0.05, 0) is 45.1 Å². The average molecular weight is 235 g/mol. The molecule has 2 rings (SSSR count). The predicted octanol–water partition coefficient (Wildman–Crippen LogP) is 2.66. The van der Waals surface area contributed by atoms with Gasteiger partial charge < -0.3 is 5.73 Å². The SMILES string of the molecule is CCn1nc(C)cc1CC1CCCCC(N)C1. The minimum atomic E-state index is 0.418. The predicted molar refractivity (Wildman–Crippen MR) is 70.9 cm³/mol. The third kappa shape index (κ3) is 3.32. The summed E-state index contributed by atoms with van der Waals surface area (Å²) in [5, 5.41) is 4.52. The third-order valence-corrected chi connectivity index (χ3v) is 3.86. The van der Waals surface area contributed by atoms with E-state index in [0.717, 1.165) is 24.6 Å². The Morgan fingerprint density at radius 1 is 1.41 bits per heavy atom. The van der Waals surface area contributed by atoms with Crippen LogP contribution in [0.1, 0.15) is 50.4 Å². The highest BCUT2D eigenvalue weighted by atomic mass is 15.3. The quantitative estimate of drug-likeness (QED) is 0.819. The largest absolute Gasteiger partial charge is 0.328 e. The van der Waals surface area contributed by atoms with Gasteiger partial charge in [0.1, 0.15) is 0 Å². The van der Waals surface area contributed by atoms with Crippen LogP contribution in [0, 0.1) is 12.8 Å². The van der Waals surface area contributed by atoms with Crippen LogP contribution in [0.4, 0.5) is 0 Å². The molecule has 1 aromatic rings. The number of hydrogen-bond acceptors (Lipinski definition) is 2. The van der Waals surface area contributed by atoms with E-state index in [1.165, 1.54) is 37.8 Å². The van der Waals surface area contributed by atoms with Crippen molar-refractivity contribution in [3.63, 3.8) is 0 Å². The van der Waals surface area contributed by atoms with E-state index < -0.39 is 0 Å². The Bertz CT molecular complexity index is 356. The summed E-state index contributed by atoms with van der Waals surface area (Å²) in [5.74, 6) is 0.758. The van der Waals surface area contributed by atoms with Gasteiger partial charge in [-0.15, -0.1) is 0 Å². The van der Waals surface area contributed by atoms with Crippen LogP contribution >= 0.6 is 0 Å². The summed E-state index contributed by atoms with van der Waals surface area (Å²) < 4.78 is 2.14. The molecule has 2 unspecified atom stereocenters. The van der Waals surface area contributed by atoms with Gasteiger partial charge in [0.15, 0.2) is 0 Å². The molecule has 96 valence electrons. The smallest absolute Gasteiger partial charge is 0.0596 e. The summed E-state index contributed by atoms with van der Waals surface area (Å²) in [7, 11) is 0. The van der Waals surface area contributed by atoms with Crippen LogP contribution in [0.15, 0.2) is 6.07 Å². The van der Waals surface area contributed by atoms with E-state index >= 15 is 0 Å². The average Bonchev–Trinajstić information content (AvgIpc) is 2.50. The van der Waals surface area contributed by atoms with E-state index in [2.05, 4.69) is 29.7 Å². The van der Waals surface area contributed by atoms with Gasteiger partial charge in [0.05, 0.1) is 5.69 Å². The van der Waals surface area contributed by atoms with Crippen molar-refractivity contribution in [3.8, 4) is 0 Å². The summed E-state index contributed by atoms with van der Waals surface area (Å²) in [6.07, 6.45) is 7.54. The van der Waals surface area contributed by atoms with Crippen LogP contribution in [0.2, 0.25) is 0 Å². The summed E-state index contributed by atoms with van der Waals surface area (Å²) in [5.41, 5.74) is 8.66. The molecule has 0 spiro atoms. The number of nitrogens with two attached hydrogens (primary N) is 1. The van der Waals surface area contributed by atoms with Crippen LogP contribution in [0.25, 0.3) is 0 Å². The van der Waals surface area contributed by atoms with Crippen molar-refractivity contribution in [2.24, 2.45) is 11.7 Å². The van der Waals surface area contributed by atoms with Gasteiger partial charge in [0.2, 0.25) is 0 Å². The second-order valence-corrected chi connectivity index (χ2v) is 5.44. The highest BCUT2D eigenvalue weighted by Crippen LogP contribution is 2.25. The first-order chi connectivity index (χ1) is 8.19. The van der Waals surface area contributed by atoms with E-state index in [0.29, 0.717) is 6.04 Å². The summed E-state index contributed by atoms with van der Waals surface area (Å²) in [6.45, 7) is 5.21. The molecule has 3 heteroatoms. The fourth-order valence-electron chi connectivity index (χ4n) is 3.02. The maximum Gasteiger partial charge on any atom is 0.0596 e. The van der Waals surface area contributed by atoms with Crippen molar-refractivity contribution in [2.45, 2.75) is 65.0 Å². The van der Waals surface area contributed by atoms with Crippen LogP contribution in [-0.4, -0.2) is 15.8 Å². The highest BCUT2D eigenvalue weighted by Gasteiger charge is 2.19. The lowest BCUT2D eigenvalue weighted by Crippen LogP contribution is -2.22. The lowest BCUT2D eigenvalue weighted by molar-refractivity contribution is 0.417. The van der Waals surface area contributed by atoms with Gasteiger partial charge in [0.25, 0.3) is 0 Å². The monoisotopic (exact) mass is 235 g/mol. The van der Waals surface area contributed by atoms with Crippen molar-refractivity contribution in [1.29, 1.82) is 0 Å². The molecule has 0 radical (unpaired) electrons. The Kier molecular flexibility index (Phi) is 4.21. The molecule has 1 fully saturated rings. The lowest BCUT2D eigenvalue weighted by atomic mass is 9.93. The second kappa shape index (κ2) is 5.67. The highest BCUT2D eigenvalue weighted by molar-refractivity contribution is 5.10. The zero-order chi connectivity index (χ0) is 12.3. The zero-order valence-electron chi connectivity index (χ0n) is 11.2. The van der Waals surface area contributed by atoms with Gasteiger partial charge in [-0.1, -0.05) is 19.3 Å². The number of aromatic nitrogens is 2. The van der Waals surface area contributed by atoms with E-state index in [1.54, 1.807) is 0 Å². The van der Waals surface area contributed by atoms with Crippen LogP contribution in [0.3, 0.4) is 0 Å². The van der Waals surface area contributed by atoms with Crippen molar-refractivity contribution in [3.05, 3.63) is 17.5 Å². The first-order valence-corrected chi connectivity index (χ1v) is 6.98. The molecule has 17 heavy (non-hydrogen) atoms. The molecule has 0 aliphatic heterocycles. The number of rotatable bonds is 3. The fourth-order valence-corrected chi connectivity index (χ4v) is 3.02. The standard InChI is InChI=1S/C14H25N3/c1-3-17-14(8-11(2)16-17)10-12-6-4-5-7-13(15)9-12/h8,12-13H,3-7,9-10,15H2,1-2H3. The Hall–Kier alpha value is -0.830. The second-order valence-electron chi connectivity index (χ2n) is 5.44. The summed E-state index contributed by atoms with van der Waals surface area (Å²) in [6, 6.07) is 2.65. The Balaban J connectivity index is 2.03. The topological polar surface area (TPSA) is 43.8 Å². The Labute approximate surface area is 104 Å².